The first-order valence-electron chi connectivity index (χ1n) is 7.19. The van der Waals surface area contributed by atoms with Gasteiger partial charge in [-0.1, -0.05) is 84.9 Å². The molecule has 112 valence electrons. The molecule has 1 nitrogen and oxygen atoms in total. The van der Waals surface area contributed by atoms with E-state index in [1.54, 1.807) is 0 Å². The van der Waals surface area contributed by atoms with E-state index in [0.717, 1.165) is 0 Å². The normalized spacial score (nSPS) is 10.8. The van der Waals surface area contributed by atoms with Gasteiger partial charge in [-0.3, -0.25) is 0 Å². The van der Waals surface area contributed by atoms with Crippen LogP contribution in [0.15, 0.2) is 84.9 Å². The molecule has 3 aromatic carbocycles. The Morgan fingerprint density at radius 3 is 1.50 bits per heavy atom. The van der Waals surface area contributed by atoms with E-state index in [1.165, 1.54) is 22.3 Å². The van der Waals surface area contributed by atoms with Crippen molar-refractivity contribution in [3.05, 3.63) is 107 Å². The zero-order chi connectivity index (χ0) is 14.7. The first-order chi connectivity index (χ1) is 10.2. The van der Waals surface area contributed by atoms with Crippen LogP contribution < -0.4 is 0 Å². The Hall–Kier alpha value is -1.95. The van der Waals surface area contributed by atoms with Crippen LogP contribution in [0, 0.1) is 6.92 Å². The monoisotopic (exact) mass is 308 g/mol. The predicted molar refractivity (Wildman–Crippen MR) is 97.3 cm³/mol. The Bertz CT molecular complexity index is 683. The minimum atomic E-state index is -0.214. The molecular formula is C20H21OP. The summed E-state index contributed by atoms with van der Waals surface area (Å²) in [5, 5.41) is -0.214. The SMILES string of the molecule is Cc1ccccc1C(P)(c1ccccc1)c1ccccc1.O. The lowest BCUT2D eigenvalue weighted by molar-refractivity contribution is 0.824. The fourth-order valence-electron chi connectivity index (χ4n) is 2.90. The lowest BCUT2D eigenvalue weighted by Crippen LogP contribution is -2.22. The van der Waals surface area contributed by atoms with E-state index in [9.17, 15) is 0 Å². The van der Waals surface area contributed by atoms with E-state index in [4.69, 9.17) is 0 Å². The van der Waals surface area contributed by atoms with Crippen molar-refractivity contribution in [3.8, 4) is 0 Å². The van der Waals surface area contributed by atoms with Gasteiger partial charge < -0.3 is 5.48 Å². The summed E-state index contributed by atoms with van der Waals surface area (Å²) in [6.07, 6.45) is 0. The predicted octanol–water partition coefficient (Wildman–Crippen LogP) is 4.34. The molecule has 1 unspecified atom stereocenters. The van der Waals surface area contributed by atoms with E-state index in [1.807, 2.05) is 0 Å². The number of rotatable bonds is 3. The van der Waals surface area contributed by atoms with Crippen LogP contribution >= 0.6 is 9.24 Å². The van der Waals surface area contributed by atoms with Crippen LogP contribution in [-0.2, 0) is 5.16 Å². The molecule has 2 heteroatoms. The van der Waals surface area contributed by atoms with Gasteiger partial charge in [-0.25, -0.2) is 0 Å². The maximum absolute atomic E-state index is 3.09. The summed E-state index contributed by atoms with van der Waals surface area (Å²) in [5.41, 5.74) is 5.21. The minimum Gasteiger partial charge on any atom is -0.412 e. The highest BCUT2D eigenvalue weighted by atomic mass is 31.0. The largest absolute Gasteiger partial charge is 0.412 e. The first-order valence-corrected chi connectivity index (χ1v) is 7.76. The van der Waals surface area contributed by atoms with Gasteiger partial charge in [-0.15, -0.1) is 9.24 Å². The third kappa shape index (κ3) is 2.83. The van der Waals surface area contributed by atoms with Crippen LogP contribution in [0.1, 0.15) is 22.3 Å². The third-order valence-corrected chi connectivity index (χ3v) is 5.01. The fourth-order valence-corrected chi connectivity index (χ4v) is 3.60. The van der Waals surface area contributed by atoms with Gasteiger partial charge >= 0.3 is 0 Å². The van der Waals surface area contributed by atoms with Crippen LogP contribution in [0.5, 0.6) is 0 Å². The Morgan fingerprint density at radius 2 is 1.05 bits per heavy atom. The number of hydrogen-bond acceptors (Lipinski definition) is 0. The Kier molecular flexibility index (Phi) is 5.13. The smallest absolute Gasteiger partial charge is 0.0593 e. The second-order valence-electron chi connectivity index (χ2n) is 5.35. The molecular weight excluding hydrogens is 287 g/mol. The van der Waals surface area contributed by atoms with Crippen molar-refractivity contribution in [2.75, 3.05) is 0 Å². The summed E-state index contributed by atoms with van der Waals surface area (Å²) in [4.78, 5) is 0. The van der Waals surface area contributed by atoms with Crippen molar-refractivity contribution in [2.24, 2.45) is 0 Å². The standard InChI is InChI=1S/C20H19P.H2O/c1-16-10-8-9-15-19(16)20(21,17-11-4-2-5-12-17)18-13-6-3-7-14-18;/h2-15H,21H2,1H3;1H2. The van der Waals surface area contributed by atoms with Crippen LogP contribution in [0.2, 0.25) is 0 Å². The summed E-state index contributed by atoms with van der Waals surface area (Å²) in [6, 6.07) is 30.0. The summed E-state index contributed by atoms with van der Waals surface area (Å²) >= 11 is 0. The molecule has 1 atom stereocenters. The Labute approximate surface area is 134 Å². The highest BCUT2D eigenvalue weighted by Crippen LogP contribution is 2.45. The molecule has 0 aliphatic rings. The van der Waals surface area contributed by atoms with Crippen LogP contribution in [-0.4, -0.2) is 5.48 Å². The quantitative estimate of drug-likeness (QED) is 0.509. The second kappa shape index (κ2) is 6.87. The molecule has 0 saturated heterocycles. The van der Waals surface area contributed by atoms with Crippen molar-refractivity contribution < 1.29 is 5.48 Å². The van der Waals surface area contributed by atoms with Crippen molar-refractivity contribution in [1.29, 1.82) is 0 Å². The molecule has 0 radical (unpaired) electrons. The molecule has 0 aliphatic carbocycles. The summed E-state index contributed by atoms with van der Waals surface area (Å²) in [6.45, 7) is 2.18. The van der Waals surface area contributed by atoms with Crippen molar-refractivity contribution in [2.45, 2.75) is 12.1 Å². The second-order valence-corrected chi connectivity index (χ2v) is 6.22. The molecule has 0 fully saturated rings. The number of aryl methyl sites for hydroxylation is 1. The fraction of sp³-hybridized carbons (Fsp3) is 0.100. The molecule has 0 heterocycles. The van der Waals surface area contributed by atoms with Gasteiger partial charge in [0, 0.05) is 0 Å². The molecule has 0 aromatic heterocycles. The maximum atomic E-state index is 3.09. The van der Waals surface area contributed by atoms with Gasteiger partial charge in [0.1, 0.15) is 0 Å². The molecule has 2 N–H and O–H groups in total. The molecule has 22 heavy (non-hydrogen) atoms. The zero-order valence-electron chi connectivity index (χ0n) is 12.7. The van der Waals surface area contributed by atoms with E-state index in [-0.39, 0.29) is 10.6 Å². The lowest BCUT2D eigenvalue weighted by atomic mass is 9.82. The summed E-state index contributed by atoms with van der Waals surface area (Å²) < 4.78 is 0. The number of benzene rings is 3. The molecule has 3 aromatic rings. The first kappa shape index (κ1) is 16.4. The van der Waals surface area contributed by atoms with Crippen LogP contribution in [0.3, 0.4) is 0 Å². The van der Waals surface area contributed by atoms with Crippen LogP contribution in [0.4, 0.5) is 0 Å². The Morgan fingerprint density at radius 1 is 0.636 bits per heavy atom. The van der Waals surface area contributed by atoms with E-state index < -0.39 is 0 Å². The maximum Gasteiger partial charge on any atom is 0.0593 e. The highest BCUT2D eigenvalue weighted by molar-refractivity contribution is 7.19. The molecule has 0 spiro atoms. The average molecular weight is 308 g/mol. The highest BCUT2D eigenvalue weighted by Gasteiger charge is 2.32. The third-order valence-electron chi connectivity index (χ3n) is 4.03. The Balaban J connectivity index is 0.00000176. The lowest BCUT2D eigenvalue weighted by Gasteiger charge is -2.33. The summed E-state index contributed by atoms with van der Waals surface area (Å²) in [7, 11) is 3.09. The van der Waals surface area contributed by atoms with E-state index in [0.29, 0.717) is 0 Å². The topological polar surface area (TPSA) is 31.5 Å². The molecule has 3 rings (SSSR count). The van der Waals surface area contributed by atoms with Gasteiger partial charge in [-0.2, -0.15) is 0 Å². The van der Waals surface area contributed by atoms with Crippen molar-refractivity contribution in [3.63, 3.8) is 0 Å². The molecule has 0 bridgehead atoms. The van der Waals surface area contributed by atoms with Gasteiger partial charge in [0.05, 0.1) is 5.16 Å². The van der Waals surface area contributed by atoms with Crippen LogP contribution in [0.25, 0.3) is 0 Å². The number of hydrogen-bond donors (Lipinski definition) is 0. The minimum absolute atomic E-state index is 0. The average Bonchev–Trinajstić information content (AvgIpc) is 2.56. The van der Waals surface area contributed by atoms with Crippen molar-refractivity contribution in [1.82, 2.24) is 0 Å². The molecule has 0 amide bonds. The van der Waals surface area contributed by atoms with E-state index >= 15 is 0 Å². The van der Waals surface area contributed by atoms with Gasteiger partial charge in [0.2, 0.25) is 0 Å². The van der Waals surface area contributed by atoms with Crippen molar-refractivity contribution >= 4 is 9.24 Å². The van der Waals surface area contributed by atoms with Gasteiger partial charge in [-0.05, 0) is 29.2 Å². The van der Waals surface area contributed by atoms with Gasteiger partial charge in [0.15, 0.2) is 0 Å². The molecule has 0 aliphatic heterocycles. The van der Waals surface area contributed by atoms with Gasteiger partial charge in [0.25, 0.3) is 0 Å². The van der Waals surface area contributed by atoms with E-state index in [2.05, 4.69) is 101 Å². The molecule has 0 saturated carbocycles. The zero-order valence-corrected chi connectivity index (χ0v) is 13.8. The summed E-state index contributed by atoms with van der Waals surface area (Å²) in [5.74, 6) is 0.